The van der Waals surface area contributed by atoms with Crippen LogP contribution in [0.1, 0.15) is 15.9 Å². The number of carbonyl (C=O) groups excluding carboxylic acids is 2. The summed E-state index contributed by atoms with van der Waals surface area (Å²) in [5, 5.41) is 4.53. The number of rotatable bonds is 5. The molecule has 116 valence electrons. The average Bonchev–Trinajstić information content (AvgIpc) is 2.42. The average molecular weight is 304 g/mol. The molecule has 0 bridgehead atoms. The van der Waals surface area contributed by atoms with E-state index in [9.17, 15) is 22.8 Å². The number of ether oxygens (including phenoxy) is 1. The Bertz CT molecular complexity index is 530. The number of halogens is 3. The molecule has 0 saturated carbocycles. The van der Waals surface area contributed by atoms with Crippen LogP contribution in [-0.4, -0.2) is 38.3 Å². The van der Waals surface area contributed by atoms with E-state index >= 15 is 0 Å². The number of carbonyl (C=O) groups is 2. The largest absolute Gasteiger partial charge is 0.468 e. The normalized spacial score (nSPS) is 10.9. The Hall–Kier alpha value is -2.25. The molecule has 0 spiro atoms. The number of alkyl halides is 3. The van der Waals surface area contributed by atoms with Crippen LogP contribution in [0.5, 0.6) is 0 Å². The van der Waals surface area contributed by atoms with Crippen molar-refractivity contribution in [2.24, 2.45) is 0 Å². The van der Waals surface area contributed by atoms with Gasteiger partial charge in [0.05, 0.1) is 7.11 Å². The Morgan fingerprint density at radius 1 is 1.29 bits per heavy atom. The number of benzene rings is 1. The lowest BCUT2D eigenvalue weighted by molar-refractivity contribution is -0.138. The molecule has 0 unspecified atom stereocenters. The van der Waals surface area contributed by atoms with Gasteiger partial charge in [0, 0.05) is 11.3 Å². The lowest BCUT2D eigenvalue weighted by atomic mass is 10.1. The minimum absolute atomic E-state index is 0.0669. The van der Waals surface area contributed by atoms with Crippen LogP contribution in [0.3, 0.4) is 0 Å². The highest BCUT2D eigenvalue weighted by molar-refractivity contribution is 5.95. The Morgan fingerprint density at radius 3 is 2.52 bits per heavy atom. The van der Waals surface area contributed by atoms with E-state index in [0.717, 1.165) is 5.56 Å². The second-order valence-corrected chi connectivity index (χ2v) is 4.26. The van der Waals surface area contributed by atoms with Crippen molar-refractivity contribution in [3.05, 3.63) is 29.3 Å². The van der Waals surface area contributed by atoms with Crippen LogP contribution in [0.15, 0.2) is 18.2 Å². The van der Waals surface area contributed by atoms with Gasteiger partial charge in [-0.1, -0.05) is 6.07 Å². The first-order chi connectivity index (χ1) is 9.73. The number of aryl methyl sites for hydroxylation is 1. The molecule has 5 nitrogen and oxygen atoms in total. The van der Waals surface area contributed by atoms with Gasteiger partial charge < -0.3 is 15.4 Å². The molecule has 0 aliphatic carbocycles. The van der Waals surface area contributed by atoms with Crippen molar-refractivity contribution in [2.75, 3.05) is 25.5 Å². The van der Waals surface area contributed by atoms with E-state index in [0.29, 0.717) is 5.69 Å². The standard InChI is InChI=1S/C13H15F3N2O3/c1-8-3-4-9(12(20)18-7-13(14,15)16)5-10(8)17-6-11(19)21-2/h3-5,17H,6-7H2,1-2H3,(H,18,20). The Morgan fingerprint density at radius 2 is 1.95 bits per heavy atom. The van der Waals surface area contributed by atoms with Gasteiger partial charge in [-0.3, -0.25) is 9.59 Å². The zero-order valence-electron chi connectivity index (χ0n) is 11.5. The fourth-order valence-corrected chi connectivity index (χ4v) is 1.48. The fourth-order valence-electron chi connectivity index (χ4n) is 1.48. The van der Waals surface area contributed by atoms with Crippen molar-refractivity contribution in [3.63, 3.8) is 0 Å². The van der Waals surface area contributed by atoms with Gasteiger partial charge in [-0.25, -0.2) is 0 Å². The maximum absolute atomic E-state index is 12.0. The van der Waals surface area contributed by atoms with Crippen LogP contribution < -0.4 is 10.6 Å². The van der Waals surface area contributed by atoms with E-state index in [1.807, 2.05) is 0 Å². The fraction of sp³-hybridized carbons (Fsp3) is 0.385. The van der Waals surface area contributed by atoms with Crippen LogP contribution >= 0.6 is 0 Å². The topological polar surface area (TPSA) is 67.4 Å². The Balaban J connectivity index is 2.76. The number of anilines is 1. The van der Waals surface area contributed by atoms with E-state index in [2.05, 4.69) is 10.1 Å². The molecule has 21 heavy (non-hydrogen) atoms. The van der Waals surface area contributed by atoms with E-state index < -0.39 is 24.6 Å². The van der Waals surface area contributed by atoms with Crippen molar-refractivity contribution in [2.45, 2.75) is 13.1 Å². The number of hydrogen-bond donors (Lipinski definition) is 2. The summed E-state index contributed by atoms with van der Waals surface area (Å²) in [5.41, 5.74) is 1.28. The number of methoxy groups -OCH3 is 1. The summed E-state index contributed by atoms with van der Waals surface area (Å²) >= 11 is 0. The smallest absolute Gasteiger partial charge is 0.405 e. The monoisotopic (exact) mass is 304 g/mol. The molecule has 1 aromatic carbocycles. The molecule has 0 atom stereocenters. The minimum Gasteiger partial charge on any atom is -0.468 e. The number of hydrogen-bond acceptors (Lipinski definition) is 4. The lowest BCUT2D eigenvalue weighted by Gasteiger charge is -2.12. The van der Waals surface area contributed by atoms with Gasteiger partial charge in [0.2, 0.25) is 0 Å². The van der Waals surface area contributed by atoms with Crippen molar-refractivity contribution in [1.29, 1.82) is 0 Å². The Labute approximate surface area is 119 Å². The molecule has 1 aromatic rings. The maximum atomic E-state index is 12.0. The molecular weight excluding hydrogens is 289 g/mol. The third-order valence-electron chi connectivity index (χ3n) is 2.60. The molecule has 2 N–H and O–H groups in total. The molecule has 0 heterocycles. The highest BCUT2D eigenvalue weighted by Gasteiger charge is 2.27. The van der Waals surface area contributed by atoms with Crippen molar-refractivity contribution >= 4 is 17.6 Å². The summed E-state index contributed by atoms with van der Waals surface area (Å²) in [6.45, 7) is 0.229. The van der Waals surface area contributed by atoms with Gasteiger partial charge in [-0.2, -0.15) is 13.2 Å². The highest BCUT2D eigenvalue weighted by Crippen LogP contribution is 2.17. The van der Waals surface area contributed by atoms with Crippen LogP contribution in [0.25, 0.3) is 0 Å². The molecule has 0 radical (unpaired) electrons. The Kier molecular flexibility index (Phi) is 5.57. The molecule has 0 aliphatic rings. The van der Waals surface area contributed by atoms with Gasteiger partial charge in [-0.15, -0.1) is 0 Å². The van der Waals surface area contributed by atoms with Gasteiger partial charge in [0.1, 0.15) is 13.1 Å². The molecule has 0 saturated heterocycles. The summed E-state index contributed by atoms with van der Waals surface area (Å²) in [5.74, 6) is -1.34. The molecule has 1 rings (SSSR count). The third-order valence-corrected chi connectivity index (χ3v) is 2.60. The maximum Gasteiger partial charge on any atom is 0.405 e. The van der Waals surface area contributed by atoms with Crippen LogP contribution in [0.2, 0.25) is 0 Å². The first-order valence-corrected chi connectivity index (χ1v) is 5.99. The van der Waals surface area contributed by atoms with E-state index in [1.165, 1.54) is 19.2 Å². The first-order valence-electron chi connectivity index (χ1n) is 5.99. The zero-order chi connectivity index (χ0) is 16.0. The van der Waals surface area contributed by atoms with Crippen LogP contribution in [-0.2, 0) is 9.53 Å². The van der Waals surface area contributed by atoms with Gasteiger partial charge in [-0.05, 0) is 24.6 Å². The lowest BCUT2D eigenvalue weighted by Crippen LogP contribution is -2.33. The van der Waals surface area contributed by atoms with Crippen LogP contribution in [0.4, 0.5) is 18.9 Å². The second-order valence-electron chi connectivity index (χ2n) is 4.26. The van der Waals surface area contributed by atoms with Crippen molar-refractivity contribution < 1.29 is 27.5 Å². The molecule has 8 heteroatoms. The van der Waals surface area contributed by atoms with Crippen molar-refractivity contribution in [3.8, 4) is 0 Å². The van der Waals surface area contributed by atoms with Crippen molar-refractivity contribution in [1.82, 2.24) is 5.32 Å². The summed E-state index contributed by atoms with van der Waals surface area (Å²) in [6.07, 6.45) is -4.47. The summed E-state index contributed by atoms with van der Waals surface area (Å²) < 4.78 is 40.6. The number of nitrogens with one attached hydrogen (secondary N) is 2. The molecule has 0 fully saturated rings. The predicted molar refractivity (Wildman–Crippen MR) is 70.1 cm³/mol. The predicted octanol–water partition coefficient (Wildman–Crippen LogP) is 1.87. The highest BCUT2D eigenvalue weighted by atomic mass is 19.4. The SMILES string of the molecule is COC(=O)CNc1cc(C(=O)NCC(F)(F)F)ccc1C. The quantitative estimate of drug-likeness (QED) is 0.815. The summed E-state index contributed by atoms with van der Waals surface area (Å²) in [6, 6.07) is 4.36. The van der Waals surface area contributed by atoms with Gasteiger partial charge in [0.15, 0.2) is 0 Å². The first kappa shape index (κ1) is 16.8. The molecule has 0 aliphatic heterocycles. The van der Waals surface area contributed by atoms with Crippen LogP contribution in [0, 0.1) is 6.92 Å². The van der Waals surface area contributed by atoms with Gasteiger partial charge >= 0.3 is 12.1 Å². The third kappa shape index (κ3) is 5.72. The number of esters is 1. The van der Waals surface area contributed by atoms with E-state index in [4.69, 9.17) is 0 Å². The molecule has 0 aromatic heterocycles. The zero-order valence-corrected chi connectivity index (χ0v) is 11.5. The molecular formula is C13H15F3N2O3. The second kappa shape index (κ2) is 6.96. The number of amides is 1. The summed E-state index contributed by atoms with van der Waals surface area (Å²) in [4.78, 5) is 22.7. The van der Waals surface area contributed by atoms with E-state index in [-0.39, 0.29) is 12.1 Å². The van der Waals surface area contributed by atoms with Gasteiger partial charge in [0.25, 0.3) is 5.91 Å². The molecule has 1 amide bonds. The summed E-state index contributed by atoms with van der Waals surface area (Å²) in [7, 11) is 1.23. The van der Waals surface area contributed by atoms with E-state index in [1.54, 1.807) is 18.3 Å². The minimum atomic E-state index is -4.47.